The first-order valence-electron chi connectivity index (χ1n) is 13.1. The zero-order valence-corrected chi connectivity index (χ0v) is 19.6. The number of Topliss-reactive ketones (excluding diaryl/α,β-unsaturated/α-hetero) is 1. The summed E-state index contributed by atoms with van der Waals surface area (Å²) in [5, 5.41) is 0. The highest BCUT2D eigenvalue weighted by Crippen LogP contribution is 2.71. The molecule has 4 saturated carbocycles. The minimum atomic E-state index is -0.292. The van der Waals surface area contributed by atoms with Gasteiger partial charge in [-0.25, -0.2) is 0 Å². The van der Waals surface area contributed by atoms with E-state index in [1.807, 2.05) is 0 Å². The molecule has 0 radical (unpaired) electrons. The number of carbonyl (C=O) groups is 1. The average molecular weight is 415 g/mol. The minimum Gasteiger partial charge on any atom is -0.349 e. The van der Waals surface area contributed by atoms with Crippen molar-refractivity contribution in [3.8, 4) is 0 Å². The molecule has 2 heterocycles. The Bertz CT molecular complexity index is 724. The van der Waals surface area contributed by atoms with Gasteiger partial charge in [0.1, 0.15) is 5.78 Å². The van der Waals surface area contributed by atoms with Crippen molar-refractivity contribution in [1.29, 1.82) is 0 Å². The maximum atomic E-state index is 12.2. The van der Waals surface area contributed by atoms with Crippen LogP contribution in [0, 0.1) is 52.3 Å². The normalized spacial score (nSPS) is 60.1. The third-order valence-electron chi connectivity index (χ3n) is 11.7. The predicted octanol–water partition coefficient (Wildman–Crippen LogP) is 6.00. The molecule has 11 atom stereocenters. The molecule has 6 aliphatic rings. The Hall–Kier alpha value is -0.410. The van der Waals surface area contributed by atoms with E-state index < -0.39 is 0 Å². The van der Waals surface area contributed by atoms with Gasteiger partial charge in [0, 0.05) is 25.2 Å². The number of hydrogen-bond donors (Lipinski definition) is 0. The van der Waals surface area contributed by atoms with E-state index in [1.165, 1.54) is 38.5 Å². The Balaban J connectivity index is 1.26. The zero-order chi connectivity index (χ0) is 20.9. The standard InChI is InChI=1S/C27H42O3/c1-16-7-12-27(29-15-16)17(2)24-23(30-27)14-22-20-6-5-18-13-19(28)8-10-25(18,3)21(20)9-11-26(22,24)4/h16-18,20-24H,5-15H2,1-4H3/t16-,17-,18+,20-,21+,22+,23+,24+,25+,26+,27+/m1/s1. The Morgan fingerprint density at radius 3 is 2.53 bits per heavy atom. The number of rotatable bonds is 0. The Morgan fingerprint density at radius 1 is 0.933 bits per heavy atom. The van der Waals surface area contributed by atoms with Crippen LogP contribution in [0.4, 0.5) is 0 Å². The second-order valence-electron chi connectivity index (χ2n) is 12.9. The molecule has 6 rings (SSSR count). The van der Waals surface area contributed by atoms with Gasteiger partial charge in [-0.15, -0.1) is 0 Å². The summed E-state index contributed by atoms with van der Waals surface area (Å²) < 4.78 is 13.4. The van der Waals surface area contributed by atoms with E-state index >= 15 is 0 Å². The molecule has 0 N–H and O–H groups in total. The molecule has 2 saturated heterocycles. The van der Waals surface area contributed by atoms with E-state index in [2.05, 4.69) is 27.7 Å². The lowest BCUT2D eigenvalue weighted by Crippen LogP contribution is -2.54. The molecule has 3 nitrogen and oxygen atoms in total. The van der Waals surface area contributed by atoms with Gasteiger partial charge in [-0.3, -0.25) is 4.79 Å². The van der Waals surface area contributed by atoms with E-state index in [4.69, 9.17) is 9.47 Å². The second-order valence-corrected chi connectivity index (χ2v) is 12.9. The fraction of sp³-hybridized carbons (Fsp3) is 0.963. The lowest BCUT2D eigenvalue weighted by atomic mass is 9.44. The minimum absolute atomic E-state index is 0.292. The maximum absolute atomic E-state index is 12.2. The van der Waals surface area contributed by atoms with Crippen molar-refractivity contribution in [2.24, 2.45) is 52.3 Å². The van der Waals surface area contributed by atoms with Gasteiger partial charge in [-0.1, -0.05) is 27.7 Å². The molecule has 2 aliphatic heterocycles. The van der Waals surface area contributed by atoms with Crippen LogP contribution in [0.3, 0.4) is 0 Å². The van der Waals surface area contributed by atoms with Crippen LogP contribution in [0.2, 0.25) is 0 Å². The smallest absolute Gasteiger partial charge is 0.171 e. The lowest BCUT2D eigenvalue weighted by Gasteiger charge is -2.60. The quantitative estimate of drug-likeness (QED) is 0.487. The van der Waals surface area contributed by atoms with Crippen molar-refractivity contribution in [3.63, 3.8) is 0 Å². The summed E-state index contributed by atoms with van der Waals surface area (Å²) in [4.78, 5) is 12.2. The number of ketones is 1. The highest BCUT2D eigenvalue weighted by Gasteiger charge is 2.69. The summed E-state index contributed by atoms with van der Waals surface area (Å²) in [5.74, 6) is 5.23. The molecular weight excluding hydrogens is 372 g/mol. The van der Waals surface area contributed by atoms with Gasteiger partial charge < -0.3 is 9.47 Å². The zero-order valence-electron chi connectivity index (χ0n) is 19.6. The number of hydrogen-bond acceptors (Lipinski definition) is 3. The van der Waals surface area contributed by atoms with Crippen LogP contribution in [-0.4, -0.2) is 24.3 Å². The third kappa shape index (κ3) is 2.54. The van der Waals surface area contributed by atoms with Gasteiger partial charge >= 0.3 is 0 Å². The van der Waals surface area contributed by atoms with Gasteiger partial charge in [0.25, 0.3) is 0 Å². The van der Waals surface area contributed by atoms with Crippen LogP contribution in [0.25, 0.3) is 0 Å². The Morgan fingerprint density at radius 2 is 1.77 bits per heavy atom. The molecule has 30 heavy (non-hydrogen) atoms. The van der Waals surface area contributed by atoms with Crippen molar-refractivity contribution in [3.05, 3.63) is 0 Å². The van der Waals surface area contributed by atoms with Crippen molar-refractivity contribution >= 4 is 5.78 Å². The molecule has 0 aromatic heterocycles. The van der Waals surface area contributed by atoms with Gasteiger partial charge in [0.2, 0.25) is 0 Å². The third-order valence-corrected chi connectivity index (χ3v) is 11.7. The summed E-state index contributed by atoms with van der Waals surface area (Å²) in [6, 6.07) is 0. The van der Waals surface area contributed by atoms with Crippen LogP contribution in [-0.2, 0) is 14.3 Å². The van der Waals surface area contributed by atoms with E-state index in [9.17, 15) is 4.79 Å². The number of fused-ring (bicyclic) bond motifs is 7. The van der Waals surface area contributed by atoms with E-state index in [-0.39, 0.29) is 5.79 Å². The highest BCUT2D eigenvalue weighted by atomic mass is 16.7. The van der Waals surface area contributed by atoms with Crippen LogP contribution < -0.4 is 0 Å². The maximum Gasteiger partial charge on any atom is 0.171 e. The molecule has 0 aromatic carbocycles. The first kappa shape index (κ1) is 20.2. The van der Waals surface area contributed by atoms with Gasteiger partial charge in [-0.2, -0.15) is 0 Å². The van der Waals surface area contributed by atoms with Crippen molar-refractivity contribution in [2.75, 3.05) is 6.61 Å². The molecule has 0 amide bonds. The SMILES string of the molecule is C[C@@H]1CC[C@]2(OC1)O[C@H]1C[C@H]3[C@@H]4CC[C@H]5CC(=O)CC[C@]5(C)[C@H]4CC[C@]3(C)[C@H]1[C@H]2C. The van der Waals surface area contributed by atoms with Crippen LogP contribution in [0.5, 0.6) is 0 Å². The molecule has 1 spiro atoms. The Labute approximate surface area is 183 Å². The molecule has 3 heteroatoms. The van der Waals surface area contributed by atoms with Crippen LogP contribution >= 0.6 is 0 Å². The molecular formula is C27H42O3. The van der Waals surface area contributed by atoms with E-state index in [0.29, 0.717) is 46.4 Å². The summed E-state index contributed by atoms with van der Waals surface area (Å²) in [6.07, 6.45) is 12.2. The first-order valence-corrected chi connectivity index (χ1v) is 13.1. The predicted molar refractivity (Wildman–Crippen MR) is 117 cm³/mol. The topological polar surface area (TPSA) is 35.5 Å². The number of ether oxygens (including phenoxy) is 2. The molecule has 0 aromatic rings. The molecule has 0 unspecified atom stereocenters. The average Bonchev–Trinajstić information content (AvgIpc) is 3.16. The fourth-order valence-electron chi connectivity index (χ4n) is 10.1. The van der Waals surface area contributed by atoms with Crippen molar-refractivity contribution in [2.45, 2.75) is 104 Å². The van der Waals surface area contributed by atoms with Gasteiger partial charge in [0.15, 0.2) is 5.79 Å². The van der Waals surface area contributed by atoms with E-state index in [1.54, 1.807) is 0 Å². The first-order chi connectivity index (χ1) is 14.3. The Kier molecular flexibility index (Phi) is 4.42. The monoisotopic (exact) mass is 414 g/mol. The van der Waals surface area contributed by atoms with Crippen molar-refractivity contribution < 1.29 is 14.3 Å². The fourth-order valence-corrected chi connectivity index (χ4v) is 10.1. The summed E-state index contributed by atoms with van der Waals surface area (Å²) >= 11 is 0. The lowest BCUT2D eigenvalue weighted by molar-refractivity contribution is -0.273. The summed E-state index contributed by atoms with van der Waals surface area (Å²) in [5.41, 5.74) is 0.820. The molecule has 6 fully saturated rings. The number of carbonyl (C=O) groups excluding carboxylic acids is 1. The molecule has 168 valence electrons. The van der Waals surface area contributed by atoms with Crippen LogP contribution in [0.1, 0.15) is 91.9 Å². The van der Waals surface area contributed by atoms with Crippen molar-refractivity contribution in [1.82, 2.24) is 0 Å². The summed E-state index contributed by atoms with van der Waals surface area (Å²) in [7, 11) is 0. The highest BCUT2D eigenvalue weighted by molar-refractivity contribution is 5.79. The van der Waals surface area contributed by atoms with Gasteiger partial charge in [-0.05, 0) is 91.3 Å². The molecule has 0 bridgehead atoms. The largest absolute Gasteiger partial charge is 0.349 e. The second kappa shape index (κ2) is 6.56. The molecule has 4 aliphatic carbocycles. The van der Waals surface area contributed by atoms with Crippen LogP contribution in [0.15, 0.2) is 0 Å². The van der Waals surface area contributed by atoms with E-state index in [0.717, 1.165) is 50.0 Å². The van der Waals surface area contributed by atoms with Gasteiger partial charge in [0.05, 0.1) is 12.7 Å². The summed E-state index contributed by atoms with van der Waals surface area (Å²) in [6.45, 7) is 10.8.